The van der Waals surface area contributed by atoms with Crippen molar-refractivity contribution in [3.63, 3.8) is 0 Å². The maximum absolute atomic E-state index is 14.2. The molecule has 0 spiro atoms. The monoisotopic (exact) mass is 348 g/mol. The predicted octanol–water partition coefficient (Wildman–Crippen LogP) is 2.56. The average molecular weight is 349 g/mol. The molecule has 1 fully saturated rings. The van der Waals surface area contributed by atoms with E-state index in [1.165, 1.54) is 29.2 Å². The summed E-state index contributed by atoms with van der Waals surface area (Å²) in [5.41, 5.74) is 5.13. The van der Waals surface area contributed by atoms with Gasteiger partial charge in [-0.05, 0) is 25.8 Å². The van der Waals surface area contributed by atoms with Crippen LogP contribution in [0.25, 0.3) is 0 Å². The summed E-state index contributed by atoms with van der Waals surface area (Å²) < 4.78 is 34.1. The summed E-state index contributed by atoms with van der Waals surface area (Å²) >= 11 is 0. The van der Waals surface area contributed by atoms with Crippen LogP contribution in [0.15, 0.2) is 30.3 Å². The van der Waals surface area contributed by atoms with Crippen LogP contribution in [-0.2, 0) is 15.5 Å². The van der Waals surface area contributed by atoms with E-state index in [1.54, 1.807) is 6.07 Å². The van der Waals surface area contributed by atoms with Gasteiger partial charge in [0.15, 0.2) is 0 Å². The molecule has 2 rings (SSSR count). The summed E-state index contributed by atoms with van der Waals surface area (Å²) in [7, 11) is 0. The number of amides is 1. The van der Waals surface area contributed by atoms with Crippen molar-refractivity contribution in [2.24, 2.45) is 5.73 Å². The van der Waals surface area contributed by atoms with Gasteiger partial charge in [-0.2, -0.15) is 8.78 Å². The first kappa shape index (κ1) is 19.8. The van der Waals surface area contributed by atoms with Gasteiger partial charge in [-0.25, -0.2) is 0 Å². The number of nitrogens with two attached hydrogens (primary N) is 1. The summed E-state index contributed by atoms with van der Waals surface area (Å²) in [5.74, 6) is -4.60. The lowest BCUT2D eigenvalue weighted by atomic mass is 10.0. The Bertz CT molecular complexity index is 480. The second-order valence-electron chi connectivity index (χ2n) is 5.44. The first-order valence-electron chi connectivity index (χ1n) is 7.60. The summed E-state index contributed by atoms with van der Waals surface area (Å²) in [6.07, 6.45) is 1.98. The molecular formula is C16H23ClF2N2O2. The third kappa shape index (κ3) is 5.12. The molecule has 1 aliphatic heterocycles. The number of piperidine rings is 1. The first-order chi connectivity index (χ1) is 10.6. The molecule has 1 aromatic carbocycles. The number of halogens is 3. The summed E-state index contributed by atoms with van der Waals surface area (Å²) in [4.78, 5) is 13.3. The second-order valence-corrected chi connectivity index (χ2v) is 5.44. The summed E-state index contributed by atoms with van der Waals surface area (Å²) in [6, 6.07) is 7.22. The lowest BCUT2D eigenvalue weighted by Gasteiger charge is -2.34. The smallest absolute Gasteiger partial charge is 0.349 e. The van der Waals surface area contributed by atoms with Gasteiger partial charge in [0, 0.05) is 25.3 Å². The number of likely N-dealkylation sites (tertiary alicyclic amines) is 1. The van der Waals surface area contributed by atoms with Crippen LogP contribution >= 0.6 is 12.4 Å². The van der Waals surface area contributed by atoms with E-state index in [-0.39, 0.29) is 24.1 Å². The molecule has 0 atom stereocenters. The Labute approximate surface area is 141 Å². The normalized spacial score (nSPS) is 16.0. The molecule has 130 valence electrons. The van der Waals surface area contributed by atoms with Crippen molar-refractivity contribution in [3.8, 4) is 0 Å². The van der Waals surface area contributed by atoms with Crippen LogP contribution in [0.5, 0.6) is 0 Å². The Balaban J connectivity index is 0.00000264. The zero-order valence-electron chi connectivity index (χ0n) is 12.9. The molecule has 0 saturated carbocycles. The van der Waals surface area contributed by atoms with Crippen molar-refractivity contribution in [3.05, 3.63) is 35.9 Å². The van der Waals surface area contributed by atoms with Crippen molar-refractivity contribution in [2.45, 2.75) is 31.3 Å². The molecule has 1 aromatic rings. The van der Waals surface area contributed by atoms with Crippen molar-refractivity contribution in [2.75, 3.05) is 26.2 Å². The maximum atomic E-state index is 14.2. The molecule has 7 heteroatoms. The topological polar surface area (TPSA) is 55.6 Å². The molecule has 0 aromatic heterocycles. The van der Waals surface area contributed by atoms with Crippen LogP contribution in [0.1, 0.15) is 24.8 Å². The number of nitrogens with zero attached hydrogens (tertiary/aromatic N) is 1. The number of alkyl halides is 2. The molecule has 23 heavy (non-hydrogen) atoms. The van der Waals surface area contributed by atoms with Crippen molar-refractivity contribution in [1.29, 1.82) is 0 Å². The van der Waals surface area contributed by atoms with Crippen LogP contribution in [-0.4, -0.2) is 43.2 Å². The van der Waals surface area contributed by atoms with E-state index in [0.29, 0.717) is 39.1 Å². The molecule has 4 nitrogen and oxygen atoms in total. The number of hydrogen-bond acceptors (Lipinski definition) is 3. The van der Waals surface area contributed by atoms with E-state index in [2.05, 4.69) is 0 Å². The highest BCUT2D eigenvalue weighted by Crippen LogP contribution is 2.31. The van der Waals surface area contributed by atoms with Crippen LogP contribution in [0.3, 0.4) is 0 Å². The van der Waals surface area contributed by atoms with Crippen LogP contribution < -0.4 is 5.73 Å². The lowest BCUT2D eigenvalue weighted by molar-refractivity contribution is -0.161. The van der Waals surface area contributed by atoms with E-state index >= 15 is 0 Å². The fraction of sp³-hybridized carbons (Fsp3) is 0.562. The molecule has 0 aliphatic carbocycles. The highest BCUT2D eigenvalue weighted by Gasteiger charge is 2.44. The standard InChI is InChI=1S/C16H22F2N2O2.ClH/c17-16(18,13-5-2-1-3-6-13)15(21)20-10-7-14(8-11-20)22-12-4-9-19;/h1-3,5-6,14H,4,7-12,19H2;1H. The zero-order valence-corrected chi connectivity index (χ0v) is 13.7. The molecule has 2 N–H and O–H groups in total. The molecule has 0 unspecified atom stereocenters. The van der Waals surface area contributed by atoms with E-state index < -0.39 is 11.8 Å². The van der Waals surface area contributed by atoms with Gasteiger partial charge >= 0.3 is 5.92 Å². The number of ether oxygens (including phenoxy) is 1. The van der Waals surface area contributed by atoms with Crippen molar-refractivity contribution < 1.29 is 18.3 Å². The van der Waals surface area contributed by atoms with Crippen LogP contribution in [0.2, 0.25) is 0 Å². The van der Waals surface area contributed by atoms with Gasteiger partial charge in [-0.3, -0.25) is 4.79 Å². The summed E-state index contributed by atoms with van der Waals surface area (Å²) in [5, 5.41) is 0. The molecule has 1 saturated heterocycles. The van der Waals surface area contributed by atoms with Crippen molar-refractivity contribution >= 4 is 18.3 Å². The Kier molecular flexibility index (Phi) is 7.88. The van der Waals surface area contributed by atoms with Gasteiger partial charge in [-0.1, -0.05) is 30.3 Å². The van der Waals surface area contributed by atoms with E-state index in [0.717, 1.165) is 6.42 Å². The number of carbonyl (C=O) groups is 1. The Hall–Kier alpha value is -1.24. The number of hydrogen-bond donors (Lipinski definition) is 1. The minimum absolute atomic E-state index is 0. The third-order valence-electron chi connectivity index (χ3n) is 3.84. The minimum Gasteiger partial charge on any atom is -0.378 e. The predicted molar refractivity (Wildman–Crippen MR) is 86.8 cm³/mol. The van der Waals surface area contributed by atoms with Gasteiger partial charge in [0.2, 0.25) is 0 Å². The van der Waals surface area contributed by atoms with Crippen LogP contribution in [0.4, 0.5) is 8.78 Å². The molecular weight excluding hydrogens is 326 g/mol. The van der Waals surface area contributed by atoms with E-state index in [4.69, 9.17) is 10.5 Å². The molecule has 1 heterocycles. The molecule has 0 bridgehead atoms. The van der Waals surface area contributed by atoms with Gasteiger partial charge in [0.1, 0.15) is 0 Å². The minimum atomic E-state index is -3.48. The second kappa shape index (κ2) is 9.15. The zero-order chi connectivity index (χ0) is 16.0. The van der Waals surface area contributed by atoms with Gasteiger partial charge in [0.25, 0.3) is 5.91 Å². The molecule has 1 amide bonds. The SMILES string of the molecule is Cl.NCCCOC1CCN(C(=O)C(F)(F)c2ccccc2)CC1. The lowest BCUT2D eigenvalue weighted by Crippen LogP contribution is -2.47. The average Bonchev–Trinajstić information content (AvgIpc) is 2.56. The maximum Gasteiger partial charge on any atom is 0.349 e. The Morgan fingerprint density at radius 3 is 2.43 bits per heavy atom. The fourth-order valence-corrected chi connectivity index (χ4v) is 2.53. The van der Waals surface area contributed by atoms with Gasteiger partial charge < -0.3 is 15.4 Å². The van der Waals surface area contributed by atoms with Gasteiger partial charge in [-0.15, -0.1) is 12.4 Å². The number of rotatable bonds is 6. The largest absolute Gasteiger partial charge is 0.378 e. The number of benzene rings is 1. The Morgan fingerprint density at radius 1 is 1.26 bits per heavy atom. The first-order valence-corrected chi connectivity index (χ1v) is 7.60. The molecule has 0 radical (unpaired) electrons. The highest BCUT2D eigenvalue weighted by molar-refractivity contribution is 5.85. The fourth-order valence-electron chi connectivity index (χ4n) is 2.53. The number of carbonyl (C=O) groups excluding carboxylic acids is 1. The van der Waals surface area contributed by atoms with Crippen LogP contribution in [0, 0.1) is 0 Å². The quantitative estimate of drug-likeness (QED) is 0.804. The Morgan fingerprint density at radius 2 is 1.87 bits per heavy atom. The van der Waals surface area contributed by atoms with Crippen molar-refractivity contribution in [1.82, 2.24) is 4.90 Å². The van der Waals surface area contributed by atoms with E-state index in [9.17, 15) is 13.6 Å². The van der Waals surface area contributed by atoms with E-state index in [1.807, 2.05) is 0 Å². The molecule has 1 aliphatic rings. The summed E-state index contributed by atoms with van der Waals surface area (Å²) in [6.45, 7) is 1.75. The highest BCUT2D eigenvalue weighted by atomic mass is 35.5. The van der Waals surface area contributed by atoms with Gasteiger partial charge in [0.05, 0.1) is 6.10 Å². The third-order valence-corrected chi connectivity index (χ3v) is 3.84.